The van der Waals surface area contributed by atoms with Gasteiger partial charge in [0.05, 0.1) is 11.4 Å². The van der Waals surface area contributed by atoms with Crippen LogP contribution in [0, 0.1) is 5.92 Å². The van der Waals surface area contributed by atoms with E-state index in [0.717, 1.165) is 19.5 Å². The normalized spacial score (nSPS) is 11.1. The average molecular weight is 298 g/mol. The quantitative estimate of drug-likeness (QED) is 0.760. The van der Waals surface area contributed by atoms with Gasteiger partial charge in [-0.05, 0) is 44.1 Å². The molecule has 0 unspecified atom stereocenters. The fraction of sp³-hybridized carbons (Fsp3) is 0.533. The number of rotatable bonds is 7. The lowest BCUT2D eigenvalue weighted by atomic mass is 10.2. The standard InChI is InChI=1S/C15H24ClN3O/c1-11(2)10-19(3)8-4-5-15(20)18-14-7-6-12(16)9-13(14)17/h6-7,9,11H,4-5,8,10,17H2,1-3H3,(H,18,20). The summed E-state index contributed by atoms with van der Waals surface area (Å²) in [6, 6.07) is 5.07. The molecule has 1 amide bonds. The summed E-state index contributed by atoms with van der Waals surface area (Å²) in [6.45, 7) is 6.34. The number of nitrogens with two attached hydrogens (primary N) is 1. The number of hydrogen-bond donors (Lipinski definition) is 2. The van der Waals surface area contributed by atoms with Crippen molar-refractivity contribution in [2.45, 2.75) is 26.7 Å². The number of nitrogens with one attached hydrogen (secondary N) is 1. The largest absolute Gasteiger partial charge is 0.397 e. The van der Waals surface area contributed by atoms with Crippen LogP contribution in [-0.4, -0.2) is 30.9 Å². The van der Waals surface area contributed by atoms with Gasteiger partial charge in [-0.25, -0.2) is 0 Å². The van der Waals surface area contributed by atoms with Crippen LogP contribution in [0.5, 0.6) is 0 Å². The zero-order valence-electron chi connectivity index (χ0n) is 12.4. The summed E-state index contributed by atoms with van der Waals surface area (Å²) in [7, 11) is 2.08. The number of amides is 1. The monoisotopic (exact) mass is 297 g/mol. The van der Waals surface area contributed by atoms with Gasteiger partial charge in [0.25, 0.3) is 0 Å². The molecule has 0 radical (unpaired) electrons. The number of benzene rings is 1. The summed E-state index contributed by atoms with van der Waals surface area (Å²) in [6.07, 6.45) is 1.33. The minimum atomic E-state index is -0.0167. The highest BCUT2D eigenvalue weighted by Crippen LogP contribution is 2.22. The number of hydrogen-bond acceptors (Lipinski definition) is 3. The van der Waals surface area contributed by atoms with Crippen molar-refractivity contribution in [2.75, 3.05) is 31.2 Å². The third-order valence-electron chi connectivity index (χ3n) is 2.91. The van der Waals surface area contributed by atoms with E-state index in [1.54, 1.807) is 18.2 Å². The van der Waals surface area contributed by atoms with Crippen LogP contribution in [0.25, 0.3) is 0 Å². The van der Waals surface area contributed by atoms with Gasteiger partial charge >= 0.3 is 0 Å². The predicted octanol–water partition coefficient (Wildman–Crippen LogP) is 3.23. The summed E-state index contributed by atoms with van der Waals surface area (Å²) in [5, 5.41) is 3.38. The first-order valence-corrected chi connectivity index (χ1v) is 7.29. The molecule has 0 aromatic heterocycles. The van der Waals surface area contributed by atoms with Crippen molar-refractivity contribution >= 4 is 28.9 Å². The molecule has 0 bridgehead atoms. The van der Waals surface area contributed by atoms with Crippen molar-refractivity contribution in [3.63, 3.8) is 0 Å². The van der Waals surface area contributed by atoms with Crippen LogP contribution in [0.15, 0.2) is 18.2 Å². The van der Waals surface area contributed by atoms with Gasteiger partial charge in [-0.3, -0.25) is 4.79 Å². The number of carbonyl (C=O) groups is 1. The van der Waals surface area contributed by atoms with E-state index in [-0.39, 0.29) is 5.91 Å². The molecule has 1 aromatic rings. The molecule has 0 saturated heterocycles. The van der Waals surface area contributed by atoms with E-state index in [4.69, 9.17) is 17.3 Å². The van der Waals surface area contributed by atoms with Gasteiger partial charge in [-0.1, -0.05) is 25.4 Å². The van der Waals surface area contributed by atoms with Crippen LogP contribution in [-0.2, 0) is 4.79 Å². The van der Waals surface area contributed by atoms with Gasteiger partial charge in [-0.2, -0.15) is 0 Å². The maximum atomic E-state index is 11.8. The average Bonchev–Trinajstić information content (AvgIpc) is 2.31. The fourth-order valence-corrected chi connectivity index (χ4v) is 2.26. The topological polar surface area (TPSA) is 58.4 Å². The lowest BCUT2D eigenvalue weighted by Crippen LogP contribution is -2.25. The van der Waals surface area contributed by atoms with Gasteiger partial charge < -0.3 is 16.0 Å². The number of nitrogen functional groups attached to an aromatic ring is 1. The van der Waals surface area contributed by atoms with Crippen LogP contribution in [0.1, 0.15) is 26.7 Å². The Morgan fingerprint density at radius 1 is 1.45 bits per heavy atom. The van der Waals surface area contributed by atoms with Gasteiger partial charge in [0.2, 0.25) is 5.91 Å². The highest BCUT2D eigenvalue weighted by Gasteiger charge is 2.07. The van der Waals surface area contributed by atoms with Crippen molar-refractivity contribution in [3.8, 4) is 0 Å². The minimum absolute atomic E-state index is 0.0167. The molecule has 0 aliphatic carbocycles. The Kier molecular flexibility index (Phi) is 6.82. The maximum absolute atomic E-state index is 11.8. The van der Waals surface area contributed by atoms with Crippen molar-refractivity contribution in [1.29, 1.82) is 0 Å². The maximum Gasteiger partial charge on any atom is 0.224 e. The highest BCUT2D eigenvalue weighted by atomic mass is 35.5. The van der Waals surface area contributed by atoms with E-state index in [9.17, 15) is 4.79 Å². The zero-order valence-corrected chi connectivity index (χ0v) is 13.2. The molecule has 5 heteroatoms. The van der Waals surface area contributed by atoms with Crippen molar-refractivity contribution < 1.29 is 4.79 Å². The fourth-order valence-electron chi connectivity index (χ4n) is 2.08. The van der Waals surface area contributed by atoms with Crippen LogP contribution in [0.3, 0.4) is 0 Å². The minimum Gasteiger partial charge on any atom is -0.397 e. The molecular formula is C15H24ClN3O. The molecule has 0 fully saturated rings. The Labute approximate surface area is 126 Å². The third-order valence-corrected chi connectivity index (χ3v) is 3.14. The van der Waals surface area contributed by atoms with Crippen molar-refractivity contribution in [2.24, 2.45) is 5.92 Å². The second-order valence-corrected chi connectivity index (χ2v) is 5.98. The Hall–Kier alpha value is -1.26. The van der Waals surface area contributed by atoms with E-state index in [0.29, 0.717) is 28.7 Å². The Morgan fingerprint density at radius 2 is 2.15 bits per heavy atom. The number of anilines is 2. The first kappa shape index (κ1) is 16.8. The molecule has 1 aromatic carbocycles. The van der Waals surface area contributed by atoms with Crippen LogP contribution in [0.4, 0.5) is 11.4 Å². The first-order chi connectivity index (χ1) is 9.38. The molecule has 3 N–H and O–H groups in total. The molecule has 0 aliphatic rings. The highest BCUT2D eigenvalue weighted by molar-refractivity contribution is 6.31. The van der Waals surface area contributed by atoms with E-state index in [1.165, 1.54) is 0 Å². The molecule has 0 atom stereocenters. The van der Waals surface area contributed by atoms with Gasteiger partial charge in [0.15, 0.2) is 0 Å². The van der Waals surface area contributed by atoms with E-state index in [1.807, 2.05) is 0 Å². The van der Waals surface area contributed by atoms with Crippen LogP contribution >= 0.6 is 11.6 Å². The lowest BCUT2D eigenvalue weighted by Gasteiger charge is -2.18. The molecule has 112 valence electrons. The second kappa shape index (κ2) is 8.12. The van der Waals surface area contributed by atoms with Gasteiger partial charge in [-0.15, -0.1) is 0 Å². The summed E-state index contributed by atoms with van der Waals surface area (Å²) in [5.41, 5.74) is 6.90. The van der Waals surface area contributed by atoms with E-state index < -0.39 is 0 Å². The van der Waals surface area contributed by atoms with E-state index in [2.05, 4.69) is 31.1 Å². The zero-order chi connectivity index (χ0) is 15.1. The smallest absolute Gasteiger partial charge is 0.224 e. The summed E-state index contributed by atoms with van der Waals surface area (Å²) < 4.78 is 0. The molecule has 1 rings (SSSR count). The SMILES string of the molecule is CC(C)CN(C)CCCC(=O)Nc1ccc(Cl)cc1N. The number of nitrogens with zero attached hydrogens (tertiary/aromatic N) is 1. The van der Waals surface area contributed by atoms with E-state index >= 15 is 0 Å². The Bertz CT molecular complexity index is 449. The second-order valence-electron chi connectivity index (χ2n) is 5.54. The summed E-state index contributed by atoms with van der Waals surface area (Å²) >= 11 is 5.82. The molecule has 0 aliphatic heterocycles. The Morgan fingerprint density at radius 3 is 2.75 bits per heavy atom. The van der Waals surface area contributed by atoms with Gasteiger partial charge in [0.1, 0.15) is 0 Å². The number of halogens is 1. The van der Waals surface area contributed by atoms with Crippen molar-refractivity contribution in [3.05, 3.63) is 23.2 Å². The Balaban J connectivity index is 2.33. The summed E-state index contributed by atoms with van der Waals surface area (Å²) in [5.74, 6) is 0.625. The molecule has 4 nitrogen and oxygen atoms in total. The molecule has 0 saturated carbocycles. The first-order valence-electron chi connectivity index (χ1n) is 6.92. The molecule has 20 heavy (non-hydrogen) atoms. The van der Waals surface area contributed by atoms with Gasteiger partial charge in [0, 0.05) is 18.0 Å². The van der Waals surface area contributed by atoms with Crippen molar-refractivity contribution in [1.82, 2.24) is 4.90 Å². The molecular weight excluding hydrogens is 274 g/mol. The molecule has 0 spiro atoms. The number of carbonyl (C=O) groups excluding carboxylic acids is 1. The predicted molar refractivity (Wildman–Crippen MR) is 86.1 cm³/mol. The van der Waals surface area contributed by atoms with Crippen LogP contribution < -0.4 is 11.1 Å². The lowest BCUT2D eigenvalue weighted by molar-refractivity contribution is -0.116. The van der Waals surface area contributed by atoms with Crippen LogP contribution in [0.2, 0.25) is 5.02 Å². The molecule has 0 heterocycles. The third kappa shape index (κ3) is 6.26. The summed E-state index contributed by atoms with van der Waals surface area (Å²) in [4.78, 5) is 14.1.